The number of nitrogen functional groups attached to an aromatic ring is 1. The van der Waals surface area contributed by atoms with Crippen LogP contribution in [0.3, 0.4) is 0 Å². The van der Waals surface area contributed by atoms with Gasteiger partial charge in [0.15, 0.2) is 5.78 Å². The first-order valence-corrected chi connectivity index (χ1v) is 4.87. The molecule has 16 heavy (non-hydrogen) atoms. The molecule has 3 nitrogen and oxygen atoms in total. The Bertz CT molecular complexity index is 521. The average molecular weight is 213 g/mol. The maximum Gasteiger partial charge on any atom is 0.195 e. The van der Waals surface area contributed by atoms with Gasteiger partial charge in [-0.2, -0.15) is 0 Å². The third-order valence-corrected chi connectivity index (χ3v) is 2.36. The molecule has 0 radical (unpaired) electrons. The van der Waals surface area contributed by atoms with Crippen molar-refractivity contribution in [3.63, 3.8) is 0 Å². The van der Waals surface area contributed by atoms with Crippen molar-refractivity contribution in [3.8, 4) is 5.75 Å². The van der Waals surface area contributed by atoms with E-state index in [4.69, 9.17) is 5.73 Å². The summed E-state index contributed by atoms with van der Waals surface area (Å²) in [6, 6.07) is 13.5. The predicted molar refractivity (Wildman–Crippen MR) is 62.4 cm³/mol. The number of carbonyl (C=O) groups excluding carboxylic acids is 1. The Morgan fingerprint density at radius 2 is 1.69 bits per heavy atom. The zero-order valence-electron chi connectivity index (χ0n) is 8.55. The lowest BCUT2D eigenvalue weighted by Gasteiger charge is -2.05. The number of hydrogen-bond donors (Lipinski definition) is 2. The van der Waals surface area contributed by atoms with Crippen LogP contribution in [0.4, 0.5) is 5.69 Å². The van der Waals surface area contributed by atoms with Crippen LogP contribution in [0.2, 0.25) is 0 Å². The van der Waals surface area contributed by atoms with Gasteiger partial charge in [0.1, 0.15) is 5.75 Å². The molecule has 0 aliphatic rings. The van der Waals surface area contributed by atoms with Crippen molar-refractivity contribution in [1.29, 1.82) is 0 Å². The van der Waals surface area contributed by atoms with E-state index in [-0.39, 0.29) is 17.2 Å². The predicted octanol–water partition coefficient (Wildman–Crippen LogP) is 2.21. The quantitative estimate of drug-likeness (QED) is 0.456. The summed E-state index contributed by atoms with van der Waals surface area (Å²) in [6.07, 6.45) is 0. The molecule has 2 aromatic rings. The molecule has 0 heterocycles. The average Bonchev–Trinajstić information content (AvgIpc) is 2.33. The summed E-state index contributed by atoms with van der Waals surface area (Å²) in [6.45, 7) is 0. The van der Waals surface area contributed by atoms with Crippen LogP contribution in [0.15, 0.2) is 48.5 Å². The summed E-state index contributed by atoms with van der Waals surface area (Å²) in [5.74, 6) is -0.254. The highest BCUT2D eigenvalue weighted by molar-refractivity contribution is 6.12. The lowest BCUT2D eigenvalue weighted by molar-refractivity contribution is 0.103. The molecule has 3 N–H and O–H groups in total. The summed E-state index contributed by atoms with van der Waals surface area (Å²) < 4.78 is 0. The molecule has 0 fully saturated rings. The van der Waals surface area contributed by atoms with E-state index >= 15 is 0 Å². The minimum atomic E-state index is -0.186. The first-order chi connectivity index (χ1) is 7.70. The molecule has 0 unspecified atom stereocenters. The van der Waals surface area contributed by atoms with E-state index in [9.17, 15) is 9.90 Å². The molecule has 2 aromatic carbocycles. The zero-order valence-corrected chi connectivity index (χ0v) is 8.55. The summed E-state index contributed by atoms with van der Waals surface area (Å²) in [5, 5.41) is 9.42. The molecule has 0 atom stereocenters. The molecule has 0 amide bonds. The van der Waals surface area contributed by atoms with Crippen LogP contribution in [-0.2, 0) is 0 Å². The molecular formula is C13H11NO2. The van der Waals surface area contributed by atoms with Crippen molar-refractivity contribution in [3.05, 3.63) is 59.7 Å². The first kappa shape index (κ1) is 10.2. The van der Waals surface area contributed by atoms with Gasteiger partial charge in [0, 0.05) is 11.1 Å². The Balaban J connectivity index is 2.46. The number of carbonyl (C=O) groups is 1. The van der Waals surface area contributed by atoms with Crippen molar-refractivity contribution >= 4 is 11.5 Å². The van der Waals surface area contributed by atoms with Crippen LogP contribution < -0.4 is 5.73 Å². The van der Waals surface area contributed by atoms with Gasteiger partial charge in [0.2, 0.25) is 0 Å². The molecule has 0 bridgehead atoms. The maximum atomic E-state index is 12.0. The van der Waals surface area contributed by atoms with Gasteiger partial charge in [-0.1, -0.05) is 36.4 Å². The fourth-order valence-corrected chi connectivity index (χ4v) is 1.50. The first-order valence-electron chi connectivity index (χ1n) is 4.87. The van der Waals surface area contributed by atoms with Crippen molar-refractivity contribution in [2.24, 2.45) is 0 Å². The Kier molecular flexibility index (Phi) is 2.60. The third kappa shape index (κ3) is 1.75. The van der Waals surface area contributed by atoms with E-state index in [0.717, 1.165) is 0 Å². The van der Waals surface area contributed by atoms with Crippen molar-refractivity contribution < 1.29 is 9.90 Å². The molecule has 0 aromatic heterocycles. The van der Waals surface area contributed by atoms with E-state index in [2.05, 4.69) is 0 Å². The number of aromatic hydroxyl groups is 1. The number of rotatable bonds is 2. The molecule has 0 aliphatic carbocycles. The Hall–Kier alpha value is -2.29. The standard InChI is InChI=1S/C13H11NO2/c14-12-10(7-4-8-11(12)15)13(16)9-5-2-1-3-6-9/h1-8,15H,14H2. The topological polar surface area (TPSA) is 63.3 Å². The molecule has 3 heteroatoms. The lowest BCUT2D eigenvalue weighted by atomic mass is 10.0. The monoisotopic (exact) mass is 213 g/mol. The van der Waals surface area contributed by atoms with Crippen LogP contribution in [0.5, 0.6) is 5.75 Å². The van der Waals surface area contributed by atoms with E-state index in [0.29, 0.717) is 11.1 Å². The van der Waals surface area contributed by atoms with Gasteiger partial charge >= 0.3 is 0 Å². The second kappa shape index (κ2) is 4.06. The highest BCUT2D eigenvalue weighted by Crippen LogP contribution is 2.25. The van der Waals surface area contributed by atoms with Gasteiger partial charge in [0.05, 0.1) is 5.69 Å². The Morgan fingerprint density at radius 3 is 2.38 bits per heavy atom. The number of phenolic OH excluding ortho intramolecular Hbond substituents is 1. The van der Waals surface area contributed by atoms with Gasteiger partial charge in [-0.25, -0.2) is 0 Å². The number of para-hydroxylation sites is 1. The van der Waals surface area contributed by atoms with Crippen molar-refractivity contribution in [2.45, 2.75) is 0 Å². The summed E-state index contributed by atoms with van der Waals surface area (Å²) in [7, 11) is 0. The number of anilines is 1. The van der Waals surface area contributed by atoms with E-state index in [1.807, 2.05) is 6.07 Å². The number of ketones is 1. The highest BCUT2D eigenvalue weighted by Gasteiger charge is 2.13. The number of benzene rings is 2. The van der Waals surface area contributed by atoms with Crippen LogP contribution >= 0.6 is 0 Å². The number of phenols is 1. The second-order valence-corrected chi connectivity index (χ2v) is 3.43. The fourth-order valence-electron chi connectivity index (χ4n) is 1.50. The summed E-state index contributed by atoms with van der Waals surface area (Å²) in [4.78, 5) is 12.0. The van der Waals surface area contributed by atoms with Gasteiger partial charge in [-0.05, 0) is 12.1 Å². The highest BCUT2D eigenvalue weighted by atomic mass is 16.3. The third-order valence-electron chi connectivity index (χ3n) is 2.36. The number of hydrogen-bond acceptors (Lipinski definition) is 3. The molecular weight excluding hydrogens is 202 g/mol. The fraction of sp³-hybridized carbons (Fsp3) is 0. The van der Waals surface area contributed by atoms with Crippen LogP contribution in [0.25, 0.3) is 0 Å². The molecule has 0 spiro atoms. The molecule has 80 valence electrons. The van der Waals surface area contributed by atoms with Gasteiger partial charge in [-0.15, -0.1) is 0 Å². The SMILES string of the molecule is Nc1c(O)cccc1C(=O)c1ccccc1. The van der Waals surface area contributed by atoms with Crippen molar-refractivity contribution in [1.82, 2.24) is 0 Å². The summed E-state index contributed by atoms with van der Waals surface area (Å²) in [5.41, 5.74) is 6.65. The molecule has 0 saturated carbocycles. The zero-order chi connectivity index (χ0) is 11.5. The van der Waals surface area contributed by atoms with Crippen LogP contribution in [-0.4, -0.2) is 10.9 Å². The largest absolute Gasteiger partial charge is 0.506 e. The summed E-state index contributed by atoms with van der Waals surface area (Å²) >= 11 is 0. The Morgan fingerprint density at radius 1 is 1.00 bits per heavy atom. The van der Waals surface area contributed by atoms with Gasteiger partial charge < -0.3 is 10.8 Å². The number of nitrogens with two attached hydrogens (primary N) is 1. The van der Waals surface area contributed by atoms with Crippen LogP contribution in [0.1, 0.15) is 15.9 Å². The smallest absolute Gasteiger partial charge is 0.195 e. The van der Waals surface area contributed by atoms with Gasteiger partial charge in [-0.3, -0.25) is 4.79 Å². The molecule has 2 rings (SSSR count). The minimum Gasteiger partial charge on any atom is -0.506 e. The van der Waals surface area contributed by atoms with Crippen molar-refractivity contribution in [2.75, 3.05) is 5.73 Å². The normalized spacial score (nSPS) is 10.0. The minimum absolute atomic E-state index is 0.0678. The van der Waals surface area contributed by atoms with Gasteiger partial charge in [0.25, 0.3) is 0 Å². The van der Waals surface area contributed by atoms with E-state index in [1.54, 1.807) is 36.4 Å². The van der Waals surface area contributed by atoms with E-state index < -0.39 is 0 Å². The molecule has 0 aliphatic heterocycles. The molecule has 0 saturated heterocycles. The van der Waals surface area contributed by atoms with E-state index in [1.165, 1.54) is 6.07 Å². The maximum absolute atomic E-state index is 12.0. The second-order valence-electron chi connectivity index (χ2n) is 3.43. The van der Waals surface area contributed by atoms with Crippen LogP contribution in [0, 0.1) is 0 Å². The Labute approximate surface area is 93.1 Å². The lowest BCUT2D eigenvalue weighted by Crippen LogP contribution is -2.05.